The van der Waals surface area contributed by atoms with Gasteiger partial charge in [-0.05, 0) is 25.7 Å². The van der Waals surface area contributed by atoms with E-state index in [1.54, 1.807) is 0 Å². The smallest absolute Gasteiger partial charge is 0.227 e. The third-order valence-corrected chi connectivity index (χ3v) is 3.71. The van der Waals surface area contributed by atoms with Crippen LogP contribution in [-0.2, 0) is 4.79 Å². The van der Waals surface area contributed by atoms with Gasteiger partial charge in [0.15, 0.2) is 0 Å². The van der Waals surface area contributed by atoms with Gasteiger partial charge in [0.2, 0.25) is 5.91 Å². The molecule has 0 spiro atoms. The molecule has 0 aromatic rings. The molecule has 1 fully saturated rings. The first-order valence-electron chi connectivity index (χ1n) is 6.58. The number of hydrogen-bond acceptors (Lipinski definition) is 2. The van der Waals surface area contributed by atoms with Gasteiger partial charge < -0.3 is 10.6 Å². The van der Waals surface area contributed by atoms with Crippen molar-refractivity contribution in [2.45, 2.75) is 52.5 Å². The minimum absolute atomic E-state index is 0.000509. The molecule has 3 nitrogen and oxygen atoms in total. The largest absolute Gasteiger partial charge is 0.340 e. The summed E-state index contributed by atoms with van der Waals surface area (Å²) in [4.78, 5) is 14.4. The Morgan fingerprint density at radius 3 is 2.62 bits per heavy atom. The zero-order chi connectivity index (χ0) is 12.1. The molecule has 3 heteroatoms. The number of nitrogens with two attached hydrogens (primary N) is 1. The second kappa shape index (κ2) is 6.24. The van der Waals surface area contributed by atoms with Gasteiger partial charge in [-0.25, -0.2) is 0 Å². The third kappa shape index (κ3) is 3.21. The quantitative estimate of drug-likeness (QED) is 0.800. The molecule has 0 saturated carbocycles. The summed E-state index contributed by atoms with van der Waals surface area (Å²) < 4.78 is 0. The van der Waals surface area contributed by atoms with Crippen molar-refractivity contribution in [3.05, 3.63) is 0 Å². The fourth-order valence-electron chi connectivity index (χ4n) is 2.47. The van der Waals surface area contributed by atoms with E-state index in [-0.39, 0.29) is 11.8 Å². The highest BCUT2D eigenvalue weighted by atomic mass is 16.2. The summed E-state index contributed by atoms with van der Waals surface area (Å²) in [6.45, 7) is 7.72. The number of carbonyl (C=O) groups excluding carboxylic acids is 1. The van der Waals surface area contributed by atoms with Gasteiger partial charge in [0, 0.05) is 19.1 Å². The molecule has 1 amide bonds. The van der Waals surface area contributed by atoms with Gasteiger partial charge >= 0.3 is 0 Å². The van der Waals surface area contributed by atoms with Crippen LogP contribution in [-0.4, -0.2) is 29.9 Å². The normalized spacial score (nSPS) is 24.3. The molecule has 0 radical (unpaired) electrons. The molecule has 1 aliphatic rings. The highest BCUT2D eigenvalue weighted by Gasteiger charge is 2.29. The van der Waals surface area contributed by atoms with Crippen molar-refractivity contribution in [2.75, 3.05) is 13.1 Å². The average molecular weight is 226 g/mol. The van der Waals surface area contributed by atoms with Crippen LogP contribution in [0.3, 0.4) is 0 Å². The van der Waals surface area contributed by atoms with Gasteiger partial charge in [-0.2, -0.15) is 0 Å². The summed E-state index contributed by atoms with van der Waals surface area (Å²) in [7, 11) is 0. The van der Waals surface area contributed by atoms with Crippen LogP contribution in [0.1, 0.15) is 46.5 Å². The predicted molar refractivity (Wildman–Crippen MR) is 67.0 cm³/mol. The SMILES string of the molecule is CC(C)C(CN)C(=O)N1CCCCCC1C. The van der Waals surface area contributed by atoms with Crippen molar-refractivity contribution in [1.82, 2.24) is 4.90 Å². The van der Waals surface area contributed by atoms with E-state index in [2.05, 4.69) is 25.7 Å². The summed E-state index contributed by atoms with van der Waals surface area (Å²) in [5, 5.41) is 0. The molecule has 2 unspecified atom stereocenters. The van der Waals surface area contributed by atoms with Crippen molar-refractivity contribution >= 4 is 5.91 Å². The lowest BCUT2D eigenvalue weighted by molar-refractivity contribution is -0.138. The van der Waals surface area contributed by atoms with Crippen molar-refractivity contribution in [3.8, 4) is 0 Å². The summed E-state index contributed by atoms with van der Waals surface area (Å²) >= 11 is 0. The molecule has 1 aliphatic heterocycles. The van der Waals surface area contributed by atoms with E-state index in [9.17, 15) is 4.79 Å². The Kier molecular flexibility index (Phi) is 5.26. The molecule has 1 saturated heterocycles. The lowest BCUT2D eigenvalue weighted by atomic mass is 9.94. The standard InChI is InChI=1S/C13H26N2O/c1-10(2)12(9-14)13(16)15-8-6-4-5-7-11(15)3/h10-12H,4-9,14H2,1-3H3. The number of amides is 1. The highest BCUT2D eigenvalue weighted by Crippen LogP contribution is 2.21. The molecular weight excluding hydrogens is 200 g/mol. The van der Waals surface area contributed by atoms with E-state index in [1.165, 1.54) is 12.8 Å². The van der Waals surface area contributed by atoms with E-state index in [0.29, 0.717) is 18.5 Å². The first-order chi connectivity index (χ1) is 7.57. The Hall–Kier alpha value is -0.570. The Balaban J connectivity index is 2.69. The molecule has 0 bridgehead atoms. The Morgan fingerprint density at radius 2 is 2.06 bits per heavy atom. The first kappa shape index (κ1) is 13.5. The van der Waals surface area contributed by atoms with Crippen LogP contribution in [0.15, 0.2) is 0 Å². The van der Waals surface area contributed by atoms with Crippen molar-refractivity contribution in [2.24, 2.45) is 17.6 Å². The molecule has 2 atom stereocenters. The zero-order valence-electron chi connectivity index (χ0n) is 10.9. The van der Waals surface area contributed by atoms with Crippen LogP contribution in [0, 0.1) is 11.8 Å². The maximum Gasteiger partial charge on any atom is 0.227 e. The van der Waals surface area contributed by atoms with Crippen LogP contribution in [0.2, 0.25) is 0 Å². The maximum absolute atomic E-state index is 12.4. The van der Waals surface area contributed by atoms with E-state index >= 15 is 0 Å². The number of hydrogen-bond donors (Lipinski definition) is 1. The third-order valence-electron chi connectivity index (χ3n) is 3.71. The van der Waals surface area contributed by atoms with Crippen LogP contribution in [0.4, 0.5) is 0 Å². The van der Waals surface area contributed by atoms with E-state index in [4.69, 9.17) is 5.73 Å². The van der Waals surface area contributed by atoms with Crippen molar-refractivity contribution in [1.29, 1.82) is 0 Å². The number of rotatable bonds is 3. The molecule has 16 heavy (non-hydrogen) atoms. The fourth-order valence-corrected chi connectivity index (χ4v) is 2.47. The molecule has 94 valence electrons. The Morgan fingerprint density at radius 1 is 1.38 bits per heavy atom. The monoisotopic (exact) mass is 226 g/mol. The van der Waals surface area contributed by atoms with E-state index < -0.39 is 0 Å². The van der Waals surface area contributed by atoms with Gasteiger partial charge in [-0.1, -0.05) is 26.7 Å². The maximum atomic E-state index is 12.4. The summed E-state index contributed by atoms with van der Waals surface area (Å²) in [5.41, 5.74) is 5.72. The van der Waals surface area contributed by atoms with Crippen molar-refractivity contribution < 1.29 is 4.79 Å². The number of likely N-dealkylation sites (tertiary alicyclic amines) is 1. The van der Waals surface area contributed by atoms with E-state index in [1.807, 2.05) is 0 Å². The minimum Gasteiger partial charge on any atom is -0.340 e. The Labute approximate surface area is 99.4 Å². The molecule has 0 aromatic carbocycles. The summed E-state index contributed by atoms with van der Waals surface area (Å²) in [5.74, 6) is 0.611. The van der Waals surface area contributed by atoms with Crippen LogP contribution >= 0.6 is 0 Å². The topological polar surface area (TPSA) is 46.3 Å². The summed E-state index contributed by atoms with van der Waals surface area (Å²) in [6.07, 6.45) is 4.79. The molecule has 0 aromatic heterocycles. The van der Waals surface area contributed by atoms with Gasteiger partial charge in [-0.3, -0.25) is 4.79 Å². The highest BCUT2D eigenvalue weighted by molar-refractivity contribution is 5.79. The molecule has 2 N–H and O–H groups in total. The van der Waals surface area contributed by atoms with Gasteiger partial charge in [0.1, 0.15) is 0 Å². The number of nitrogens with zero attached hydrogens (tertiary/aromatic N) is 1. The lowest BCUT2D eigenvalue weighted by Crippen LogP contribution is -2.45. The van der Waals surface area contributed by atoms with Crippen LogP contribution in [0.25, 0.3) is 0 Å². The van der Waals surface area contributed by atoms with Crippen molar-refractivity contribution in [3.63, 3.8) is 0 Å². The van der Waals surface area contributed by atoms with Crippen LogP contribution in [0.5, 0.6) is 0 Å². The second-order valence-electron chi connectivity index (χ2n) is 5.32. The van der Waals surface area contributed by atoms with E-state index in [0.717, 1.165) is 19.4 Å². The van der Waals surface area contributed by atoms with Gasteiger partial charge in [0.05, 0.1) is 5.92 Å². The molecule has 0 aliphatic carbocycles. The lowest BCUT2D eigenvalue weighted by Gasteiger charge is -2.32. The molecule has 1 heterocycles. The first-order valence-corrected chi connectivity index (χ1v) is 6.58. The Bertz CT molecular complexity index is 228. The minimum atomic E-state index is 0.000509. The predicted octanol–water partition coefficient (Wildman–Crippen LogP) is 2.01. The molecular formula is C13H26N2O. The van der Waals surface area contributed by atoms with Gasteiger partial charge in [0.25, 0.3) is 0 Å². The second-order valence-corrected chi connectivity index (χ2v) is 5.32. The summed E-state index contributed by atoms with van der Waals surface area (Å²) in [6, 6.07) is 0.391. The van der Waals surface area contributed by atoms with Crippen LogP contribution < -0.4 is 5.73 Å². The fraction of sp³-hybridized carbons (Fsp3) is 0.923. The number of carbonyl (C=O) groups is 1. The molecule has 1 rings (SSSR count). The van der Waals surface area contributed by atoms with Gasteiger partial charge in [-0.15, -0.1) is 0 Å². The zero-order valence-corrected chi connectivity index (χ0v) is 10.9. The average Bonchev–Trinajstić information content (AvgIpc) is 2.43.